The van der Waals surface area contributed by atoms with Crippen molar-refractivity contribution in [3.8, 4) is 0 Å². The number of hydrogen-bond acceptors (Lipinski definition) is 2. The van der Waals surface area contributed by atoms with Gasteiger partial charge >= 0.3 is 0 Å². The van der Waals surface area contributed by atoms with E-state index < -0.39 is 0 Å². The number of H-pyrrole nitrogens is 1. The zero-order chi connectivity index (χ0) is 25.5. The van der Waals surface area contributed by atoms with Crippen LogP contribution in [0.1, 0.15) is 46.0 Å². The normalized spacial score (nSPS) is 11.0. The molecule has 1 aromatic heterocycles. The number of benzene rings is 3. The van der Waals surface area contributed by atoms with Crippen molar-refractivity contribution < 1.29 is 9.59 Å². The lowest BCUT2D eigenvalue weighted by molar-refractivity contribution is -0.132. The maximum absolute atomic E-state index is 13.6. The van der Waals surface area contributed by atoms with Gasteiger partial charge in [-0.1, -0.05) is 72.6 Å². The lowest BCUT2D eigenvalue weighted by Gasteiger charge is -2.28. The average molecular weight is 482 g/mol. The van der Waals surface area contributed by atoms with E-state index in [1.807, 2.05) is 61.3 Å². The molecule has 0 atom stereocenters. The highest BCUT2D eigenvalue weighted by Gasteiger charge is 2.22. The highest BCUT2D eigenvalue weighted by atomic mass is 16.2. The third-order valence-electron chi connectivity index (χ3n) is 6.58. The molecule has 1 heterocycles. The Kier molecular flexibility index (Phi) is 8.21. The van der Waals surface area contributed by atoms with E-state index in [1.54, 1.807) is 4.90 Å². The van der Waals surface area contributed by atoms with Crippen LogP contribution in [-0.2, 0) is 17.8 Å². The van der Waals surface area contributed by atoms with Crippen LogP contribution < -0.4 is 0 Å². The number of aromatic nitrogens is 1. The minimum Gasteiger partial charge on any atom is -0.361 e. The summed E-state index contributed by atoms with van der Waals surface area (Å²) in [5.41, 5.74) is 6.28. The number of nitrogens with zero attached hydrogens (tertiary/aromatic N) is 2. The van der Waals surface area contributed by atoms with Gasteiger partial charge in [0, 0.05) is 42.3 Å². The van der Waals surface area contributed by atoms with Crippen molar-refractivity contribution in [2.24, 2.45) is 0 Å². The van der Waals surface area contributed by atoms with Gasteiger partial charge in [-0.25, -0.2) is 0 Å². The van der Waals surface area contributed by atoms with Crippen LogP contribution in [0.4, 0.5) is 0 Å². The van der Waals surface area contributed by atoms with Gasteiger partial charge in [-0.2, -0.15) is 0 Å². The van der Waals surface area contributed by atoms with Crippen molar-refractivity contribution in [1.29, 1.82) is 0 Å². The zero-order valence-corrected chi connectivity index (χ0v) is 21.5. The molecule has 3 aromatic carbocycles. The van der Waals surface area contributed by atoms with E-state index in [1.165, 1.54) is 16.5 Å². The van der Waals surface area contributed by atoms with Gasteiger partial charge in [0.15, 0.2) is 0 Å². The number of aromatic amines is 1. The van der Waals surface area contributed by atoms with Gasteiger partial charge in [0.2, 0.25) is 5.91 Å². The molecule has 0 saturated heterocycles. The molecule has 186 valence electrons. The van der Waals surface area contributed by atoms with E-state index in [0.717, 1.165) is 29.5 Å². The number of para-hydroxylation sites is 1. The molecule has 2 amide bonds. The molecular weight excluding hydrogens is 446 g/mol. The lowest BCUT2D eigenvalue weighted by Crippen LogP contribution is -2.43. The van der Waals surface area contributed by atoms with Crippen LogP contribution in [0.5, 0.6) is 0 Å². The second-order valence-corrected chi connectivity index (χ2v) is 9.50. The van der Waals surface area contributed by atoms with Crippen molar-refractivity contribution in [2.75, 3.05) is 19.6 Å². The summed E-state index contributed by atoms with van der Waals surface area (Å²) in [6, 6.07) is 24.1. The van der Waals surface area contributed by atoms with Crippen LogP contribution in [0.3, 0.4) is 0 Å². The molecule has 0 aliphatic heterocycles. The van der Waals surface area contributed by atoms with Gasteiger partial charge in [-0.3, -0.25) is 9.59 Å². The predicted octanol–water partition coefficient (Wildman–Crippen LogP) is 5.91. The molecule has 5 heteroatoms. The molecule has 5 nitrogen and oxygen atoms in total. The number of nitrogens with one attached hydrogen (secondary N) is 1. The van der Waals surface area contributed by atoms with Crippen LogP contribution in [-0.4, -0.2) is 46.2 Å². The Morgan fingerprint density at radius 1 is 0.806 bits per heavy atom. The predicted molar refractivity (Wildman–Crippen MR) is 146 cm³/mol. The largest absolute Gasteiger partial charge is 0.361 e. The molecule has 4 rings (SSSR count). The zero-order valence-electron chi connectivity index (χ0n) is 21.5. The van der Waals surface area contributed by atoms with Gasteiger partial charge in [0.25, 0.3) is 5.91 Å². The smallest absolute Gasteiger partial charge is 0.254 e. The fraction of sp³-hybridized carbons (Fsp3) is 0.290. The molecule has 0 fully saturated rings. The Labute approximate surface area is 213 Å². The maximum atomic E-state index is 13.6. The maximum Gasteiger partial charge on any atom is 0.254 e. The summed E-state index contributed by atoms with van der Waals surface area (Å²) in [6.07, 6.45) is 3.56. The summed E-state index contributed by atoms with van der Waals surface area (Å²) in [5.74, 6) is -0.138. The van der Waals surface area contributed by atoms with Crippen LogP contribution >= 0.6 is 0 Å². The highest BCUT2D eigenvalue weighted by Crippen LogP contribution is 2.19. The number of aryl methyl sites for hydroxylation is 2. The van der Waals surface area contributed by atoms with Gasteiger partial charge in [-0.15, -0.1) is 0 Å². The number of carbonyl (C=O) groups is 2. The van der Waals surface area contributed by atoms with E-state index in [9.17, 15) is 9.59 Å². The number of rotatable bonds is 10. The van der Waals surface area contributed by atoms with Crippen LogP contribution in [0, 0.1) is 13.8 Å². The summed E-state index contributed by atoms with van der Waals surface area (Å²) in [6.45, 7) is 7.79. The number of carbonyl (C=O) groups excluding carboxylic acids is 2. The quantitative estimate of drug-likeness (QED) is 0.306. The van der Waals surface area contributed by atoms with E-state index in [0.29, 0.717) is 25.2 Å². The molecule has 4 aromatic rings. The first kappa shape index (κ1) is 25.2. The monoisotopic (exact) mass is 481 g/mol. The van der Waals surface area contributed by atoms with Gasteiger partial charge < -0.3 is 14.8 Å². The van der Waals surface area contributed by atoms with Crippen LogP contribution in [0.25, 0.3) is 10.9 Å². The molecule has 0 bridgehead atoms. The Morgan fingerprint density at radius 2 is 1.47 bits per heavy atom. The molecule has 0 saturated carbocycles. The van der Waals surface area contributed by atoms with Crippen LogP contribution in [0.15, 0.2) is 79.0 Å². The first-order valence-corrected chi connectivity index (χ1v) is 12.7. The molecule has 0 unspecified atom stereocenters. The van der Waals surface area contributed by atoms with E-state index in [2.05, 4.69) is 48.3 Å². The van der Waals surface area contributed by atoms with E-state index in [4.69, 9.17) is 0 Å². The summed E-state index contributed by atoms with van der Waals surface area (Å²) in [4.78, 5) is 33.8. The Hall–Kier alpha value is -3.86. The fourth-order valence-electron chi connectivity index (χ4n) is 4.46. The van der Waals surface area contributed by atoms with Crippen molar-refractivity contribution in [1.82, 2.24) is 14.8 Å². The van der Waals surface area contributed by atoms with Crippen molar-refractivity contribution in [2.45, 2.75) is 40.2 Å². The molecule has 0 aliphatic rings. The van der Waals surface area contributed by atoms with E-state index in [-0.39, 0.29) is 18.4 Å². The third-order valence-corrected chi connectivity index (χ3v) is 6.58. The minimum atomic E-state index is -0.0999. The summed E-state index contributed by atoms with van der Waals surface area (Å²) in [7, 11) is 0. The molecule has 1 N–H and O–H groups in total. The topological polar surface area (TPSA) is 56.4 Å². The minimum absolute atomic E-state index is 0.0377. The van der Waals surface area contributed by atoms with Gasteiger partial charge in [-0.05, 0) is 56.0 Å². The second kappa shape index (κ2) is 11.7. The first-order valence-electron chi connectivity index (χ1n) is 12.7. The van der Waals surface area contributed by atoms with Crippen LogP contribution in [0.2, 0.25) is 0 Å². The van der Waals surface area contributed by atoms with Crippen molar-refractivity contribution in [3.05, 3.63) is 107 Å². The molecular formula is C31H35N3O2. The molecule has 0 aliphatic carbocycles. The number of fused-ring (bicyclic) bond motifs is 1. The summed E-state index contributed by atoms with van der Waals surface area (Å²) < 4.78 is 0. The lowest BCUT2D eigenvalue weighted by atomic mass is 10.1. The first-order chi connectivity index (χ1) is 17.4. The third kappa shape index (κ3) is 6.22. The van der Waals surface area contributed by atoms with Crippen molar-refractivity contribution in [3.63, 3.8) is 0 Å². The fourth-order valence-corrected chi connectivity index (χ4v) is 4.46. The summed E-state index contributed by atoms with van der Waals surface area (Å²) >= 11 is 0. The molecule has 0 radical (unpaired) electrons. The molecule has 36 heavy (non-hydrogen) atoms. The Morgan fingerprint density at radius 3 is 2.17 bits per heavy atom. The standard InChI is InChI=1S/C31H35N3O2/c1-4-18-34(31(36)26-15-11-24(3)12-16-26)22-30(35)33(21-25-13-9-23(2)10-14-25)19-17-27-20-32-29-8-6-5-7-28(27)29/h5-16,20,32H,4,17-19,21-22H2,1-3H3. The number of amides is 2. The van der Waals surface area contributed by atoms with Gasteiger partial charge in [0.1, 0.15) is 6.54 Å². The van der Waals surface area contributed by atoms with Crippen molar-refractivity contribution >= 4 is 22.7 Å². The van der Waals surface area contributed by atoms with E-state index >= 15 is 0 Å². The average Bonchev–Trinajstić information content (AvgIpc) is 3.30. The SMILES string of the molecule is CCCN(CC(=O)N(CCc1c[nH]c2ccccc12)Cc1ccc(C)cc1)C(=O)c1ccc(C)cc1. The summed E-state index contributed by atoms with van der Waals surface area (Å²) in [5, 5.41) is 1.18. The highest BCUT2D eigenvalue weighted by molar-refractivity contribution is 5.96. The number of hydrogen-bond donors (Lipinski definition) is 1. The molecule has 0 spiro atoms. The second-order valence-electron chi connectivity index (χ2n) is 9.50. The Balaban J connectivity index is 1.53. The van der Waals surface area contributed by atoms with Gasteiger partial charge in [0.05, 0.1) is 0 Å². The Bertz CT molecular complexity index is 1310.